The van der Waals surface area contributed by atoms with Crippen molar-refractivity contribution < 1.29 is 8.42 Å². The average molecular weight is 310 g/mol. The molecule has 0 aliphatic heterocycles. The van der Waals surface area contributed by atoms with Crippen molar-refractivity contribution in [3.8, 4) is 11.4 Å². The van der Waals surface area contributed by atoms with Gasteiger partial charge in [0.15, 0.2) is 5.82 Å². The van der Waals surface area contributed by atoms with Crippen molar-refractivity contribution >= 4 is 27.4 Å². The van der Waals surface area contributed by atoms with Crippen LogP contribution in [0.2, 0.25) is 0 Å². The zero-order valence-corrected chi connectivity index (χ0v) is 12.9. The molecule has 0 radical (unpaired) electrons. The summed E-state index contributed by atoms with van der Waals surface area (Å²) in [4.78, 5) is 5.68. The highest BCUT2D eigenvalue weighted by atomic mass is 32.2. The Morgan fingerprint density at radius 1 is 1.25 bits per heavy atom. The Bertz CT molecular complexity index is 721. The Morgan fingerprint density at radius 2 is 1.90 bits per heavy atom. The van der Waals surface area contributed by atoms with E-state index in [1.807, 2.05) is 30.3 Å². The van der Waals surface area contributed by atoms with E-state index in [0.29, 0.717) is 11.7 Å². The molecule has 2 rings (SSSR count). The Morgan fingerprint density at radius 3 is 2.50 bits per heavy atom. The maximum absolute atomic E-state index is 12.1. The van der Waals surface area contributed by atoms with Gasteiger partial charge in [-0.15, -0.1) is 4.40 Å². The SMILES string of the molecule is CC(=NS(=O)(=O)c1nc(-c2ccccc2)ns1)N(C)C. The molecule has 0 aliphatic rings. The third kappa shape index (κ3) is 3.20. The van der Waals surface area contributed by atoms with E-state index in [1.165, 1.54) is 0 Å². The van der Waals surface area contributed by atoms with Crippen LogP contribution in [0.15, 0.2) is 39.1 Å². The molecule has 0 spiro atoms. The predicted octanol–water partition coefficient (Wildman–Crippen LogP) is 1.87. The molecule has 0 saturated carbocycles. The summed E-state index contributed by atoms with van der Waals surface area (Å²) in [7, 11) is -0.348. The Balaban J connectivity index is 2.36. The zero-order valence-electron chi connectivity index (χ0n) is 11.3. The quantitative estimate of drug-likeness (QED) is 0.639. The minimum Gasteiger partial charge on any atom is -0.366 e. The van der Waals surface area contributed by atoms with Gasteiger partial charge >= 0.3 is 10.0 Å². The highest BCUT2D eigenvalue weighted by molar-refractivity contribution is 7.92. The molecule has 0 amide bonds. The highest BCUT2D eigenvalue weighted by Gasteiger charge is 2.20. The standard InChI is InChI=1S/C12H14N4O2S2/c1-9(16(2)3)15-20(17,18)12-13-11(14-19-12)10-7-5-4-6-8-10/h4-8H,1-3H3. The van der Waals surface area contributed by atoms with Crippen LogP contribution in [-0.2, 0) is 10.0 Å². The van der Waals surface area contributed by atoms with E-state index in [9.17, 15) is 8.42 Å². The van der Waals surface area contributed by atoms with Gasteiger partial charge in [0.1, 0.15) is 5.84 Å². The van der Waals surface area contributed by atoms with E-state index in [2.05, 4.69) is 13.8 Å². The number of nitrogens with zero attached hydrogens (tertiary/aromatic N) is 4. The van der Waals surface area contributed by atoms with Crippen LogP contribution in [0.1, 0.15) is 6.92 Å². The van der Waals surface area contributed by atoms with Crippen molar-refractivity contribution in [2.75, 3.05) is 14.1 Å². The lowest BCUT2D eigenvalue weighted by Crippen LogP contribution is -2.19. The van der Waals surface area contributed by atoms with Gasteiger partial charge < -0.3 is 4.90 Å². The van der Waals surface area contributed by atoms with Gasteiger partial charge in [-0.25, -0.2) is 4.98 Å². The fraction of sp³-hybridized carbons (Fsp3) is 0.250. The van der Waals surface area contributed by atoms with Crippen molar-refractivity contribution in [1.29, 1.82) is 0 Å². The van der Waals surface area contributed by atoms with Gasteiger partial charge in [-0.05, 0) is 6.92 Å². The minimum atomic E-state index is -3.80. The van der Waals surface area contributed by atoms with Crippen LogP contribution in [0.5, 0.6) is 0 Å². The van der Waals surface area contributed by atoms with Crippen molar-refractivity contribution in [3.05, 3.63) is 30.3 Å². The van der Waals surface area contributed by atoms with Crippen molar-refractivity contribution in [1.82, 2.24) is 14.3 Å². The summed E-state index contributed by atoms with van der Waals surface area (Å²) in [6.07, 6.45) is 0. The molecule has 1 aromatic heterocycles. The lowest BCUT2D eigenvalue weighted by molar-refractivity contribution is 0.590. The zero-order chi connectivity index (χ0) is 14.8. The van der Waals surface area contributed by atoms with E-state index in [-0.39, 0.29) is 4.34 Å². The fourth-order valence-electron chi connectivity index (χ4n) is 1.31. The van der Waals surface area contributed by atoms with Crippen molar-refractivity contribution in [3.63, 3.8) is 0 Å². The highest BCUT2D eigenvalue weighted by Crippen LogP contribution is 2.22. The number of hydrogen-bond acceptors (Lipinski definition) is 5. The van der Waals surface area contributed by atoms with Gasteiger partial charge in [-0.1, -0.05) is 30.3 Å². The number of sulfonamides is 1. The van der Waals surface area contributed by atoms with Crippen LogP contribution >= 0.6 is 11.5 Å². The first-order valence-electron chi connectivity index (χ1n) is 5.78. The summed E-state index contributed by atoms with van der Waals surface area (Å²) in [6, 6.07) is 9.22. The van der Waals surface area contributed by atoms with Crippen LogP contribution in [0.25, 0.3) is 11.4 Å². The summed E-state index contributed by atoms with van der Waals surface area (Å²) < 4.78 is 31.9. The molecule has 1 heterocycles. The molecule has 0 fully saturated rings. The first-order valence-corrected chi connectivity index (χ1v) is 7.99. The summed E-state index contributed by atoms with van der Waals surface area (Å²) in [5, 5.41) is 0. The largest absolute Gasteiger partial charge is 0.366 e. The van der Waals surface area contributed by atoms with Gasteiger partial charge in [0.2, 0.25) is 0 Å². The first kappa shape index (κ1) is 14.6. The van der Waals surface area contributed by atoms with E-state index in [4.69, 9.17) is 0 Å². The second-order valence-corrected chi connectivity index (χ2v) is 6.79. The minimum absolute atomic E-state index is 0.0995. The summed E-state index contributed by atoms with van der Waals surface area (Å²) in [5.41, 5.74) is 0.776. The molecule has 8 heteroatoms. The van der Waals surface area contributed by atoms with Crippen molar-refractivity contribution in [2.24, 2.45) is 4.40 Å². The molecule has 0 bridgehead atoms. The summed E-state index contributed by atoms with van der Waals surface area (Å²) in [5.74, 6) is 0.786. The monoisotopic (exact) mass is 310 g/mol. The topological polar surface area (TPSA) is 75.5 Å². The van der Waals surface area contributed by atoms with Crippen molar-refractivity contribution in [2.45, 2.75) is 11.3 Å². The predicted molar refractivity (Wildman–Crippen MR) is 79.3 cm³/mol. The van der Waals surface area contributed by atoms with E-state index in [1.54, 1.807) is 25.9 Å². The van der Waals surface area contributed by atoms with E-state index < -0.39 is 10.0 Å². The molecule has 106 valence electrons. The molecule has 20 heavy (non-hydrogen) atoms. The van der Waals surface area contributed by atoms with Gasteiger partial charge in [0.25, 0.3) is 4.34 Å². The molecule has 0 aliphatic carbocycles. The second kappa shape index (κ2) is 5.68. The first-order chi connectivity index (χ1) is 9.40. The average Bonchev–Trinajstić information content (AvgIpc) is 2.89. The van der Waals surface area contributed by atoms with Crippen LogP contribution < -0.4 is 0 Å². The van der Waals surface area contributed by atoms with E-state index >= 15 is 0 Å². The van der Waals surface area contributed by atoms with Crippen LogP contribution in [-0.4, -0.2) is 42.6 Å². The van der Waals surface area contributed by atoms with Crippen LogP contribution in [0.4, 0.5) is 0 Å². The number of hydrogen-bond donors (Lipinski definition) is 0. The Kier molecular flexibility index (Phi) is 4.15. The third-order valence-corrected chi connectivity index (χ3v) is 4.96. The fourth-order valence-corrected chi connectivity index (χ4v) is 3.14. The van der Waals surface area contributed by atoms with Crippen LogP contribution in [0, 0.1) is 0 Å². The molecule has 0 saturated heterocycles. The molecule has 0 N–H and O–H groups in total. The third-order valence-electron chi connectivity index (χ3n) is 2.56. The lowest BCUT2D eigenvalue weighted by Gasteiger charge is -2.09. The lowest BCUT2D eigenvalue weighted by atomic mass is 10.2. The summed E-state index contributed by atoms with van der Waals surface area (Å²) >= 11 is 0.830. The van der Waals surface area contributed by atoms with Gasteiger partial charge in [0, 0.05) is 31.2 Å². The van der Waals surface area contributed by atoms with Crippen LogP contribution in [0.3, 0.4) is 0 Å². The molecule has 6 nitrogen and oxygen atoms in total. The normalized spacial score (nSPS) is 12.4. The van der Waals surface area contributed by atoms with Gasteiger partial charge in [-0.3, -0.25) is 0 Å². The number of aromatic nitrogens is 2. The molecule has 0 unspecified atom stereocenters. The Hall–Kier alpha value is -1.80. The Labute approximate surface area is 122 Å². The molecule has 2 aromatic rings. The molecule has 1 aromatic carbocycles. The van der Waals surface area contributed by atoms with E-state index in [0.717, 1.165) is 17.1 Å². The second-order valence-electron chi connectivity index (χ2n) is 4.26. The molecular weight excluding hydrogens is 296 g/mol. The maximum atomic E-state index is 12.1. The summed E-state index contributed by atoms with van der Waals surface area (Å²) in [6.45, 7) is 1.62. The molecule has 0 atom stereocenters. The van der Waals surface area contributed by atoms with Gasteiger partial charge in [0.05, 0.1) is 0 Å². The smallest absolute Gasteiger partial charge is 0.312 e. The number of amidine groups is 1. The number of rotatable bonds is 3. The van der Waals surface area contributed by atoms with Gasteiger partial charge in [-0.2, -0.15) is 12.8 Å². The number of benzene rings is 1. The maximum Gasteiger partial charge on any atom is 0.312 e. The molecular formula is C12H14N4O2S2.